The van der Waals surface area contributed by atoms with Gasteiger partial charge in [0.25, 0.3) is 5.91 Å². The molecule has 0 aliphatic carbocycles. The lowest BCUT2D eigenvalue weighted by Gasteiger charge is -2.34. The van der Waals surface area contributed by atoms with E-state index < -0.39 is 5.97 Å². The number of hydrogen-bond acceptors (Lipinski definition) is 5. The van der Waals surface area contributed by atoms with Crippen molar-refractivity contribution >= 4 is 17.8 Å². The van der Waals surface area contributed by atoms with E-state index in [2.05, 4.69) is 5.32 Å². The van der Waals surface area contributed by atoms with Gasteiger partial charge in [0, 0.05) is 43.9 Å². The van der Waals surface area contributed by atoms with Gasteiger partial charge in [-0.1, -0.05) is 42.0 Å². The van der Waals surface area contributed by atoms with Gasteiger partial charge in [0.2, 0.25) is 5.91 Å². The Balaban J connectivity index is 1.87. The topological polar surface area (TPSA) is 84.9 Å². The Morgan fingerprint density at radius 1 is 1.11 bits per heavy atom. The van der Waals surface area contributed by atoms with Crippen LogP contribution in [-0.2, 0) is 25.6 Å². The van der Waals surface area contributed by atoms with Crippen LogP contribution in [0.25, 0.3) is 0 Å². The maximum absolute atomic E-state index is 13.3. The van der Waals surface area contributed by atoms with Crippen LogP contribution in [0.3, 0.4) is 0 Å². The van der Waals surface area contributed by atoms with Gasteiger partial charge in [0.05, 0.1) is 18.7 Å². The highest BCUT2D eigenvalue weighted by atomic mass is 16.5. The monoisotopic (exact) mass is 478 g/mol. The maximum Gasteiger partial charge on any atom is 0.336 e. The van der Waals surface area contributed by atoms with Crippen molar-refractivity contribution in [3.8, 4) is 0 Å². The number of allylic oxidation sites excluding steroid dienone is 1. The minimum atomic E-state index is -0.404. The van der Waals surface area contributed by atoms with Gasteiger partial charge in [-0.05, 0) is 50.5 Å². The van der Waals surface area contributed by atoms with E-state index in [4.69, 9.17) is 9.47 Å². The average molecular weight is 479 g/mol. The molecule has 1 N–H and O–H groups in total. The minimum Gasteiger partial charge on any atom is -0.463 e. The van der Waals surface area contributed by atoms with E-state index in [1.807, 2.05) is 37.3 Å². The maximum atomic E-state index is 13.3. The number of rotatable bonds is 10. The van der Waals surface area contributed by atoms with Crippen molar-refractivity contribution in [1.29, 1.82) is 0 Å². The lowest BCUT2D eigenvalue weighted by molar-refractivity contribution is -0.140. The summed E-state index contributed by atoms with van der Waals surface area (Å²) in [5, 5.41) is 2.88. The normalized spacial score (nSPS) is 15.8. The Bertz CT molecular complexity index is 1110. The highest BCUT2D eigenvalue weighted by Gasteiger charge is 2.37. The van der Waals surface area contributed by atoms with Gasteiger partial charge in [-0.2, -0.15) is 0 Å². The molecule has 3 rings (SSSR count). The molecule has 2 amide bonds. The van der Waals surface area contributed by atoms with Crippen LogP contribution < -0.4 is 5.32 Å². The SMILES string of the molecule is CCOC(=O)C1=C(C)N(Cc2cccc(C(=O)NCCCOC)c2)C(=O)CC1c1cccc(C)c1. The number of aryl methyl sites for hydroxylation is 1. The molecule has 1 aliphatic heterocycles. The molecule has 0 saturated carbocycles. The quantitative estimate of drug-likeness (QED) is 0.410. The number of ether oxygens (including phenoxy) is 2. The summed E-state index contributed by atoms with van der Waals surface area (Å²) in [4.78, 5) is 40.4. The van der Waals surface area contributed by atoms with E-state index in [0.29, 0.717) is 30.0 Å². The van der Waals surface area contributed by atoms with Crippen molar-refractivity contribution in [3.63, 3.8) is 0 Å². The number of esters is 1. The van der Waals surface area contributed by atoms with Crippen LogP contribution in [0.5, 0.6) is 0 Å². The summed E-state index contributed by atoms with van der Waals surface area (Å²) in [7, 11) is 1.63. The van der Waals surface area contributed by atoms with E-state index in [1.54, 1.807) is 44.1 Å². The molecule has 1 aliphatic rings. The first-order valence-electron chi connectivity index (χ1n) is 12.0. The molecule has 0 saturated heterocycles. The number of methoxy groups -OCH3 is 1. The molecule has 186 valence electrons. The molecule has 2 aromatic carbocycles. The number of nitrogens with one attached hydrogen (secondary N) is 1. The van der Waals surface area contributed by atoms with Crippen molar-refractivity contribution in [1.82, 2.24) is 10.2 Å². The van der Waals surface area contributed by atoms with E-state index in [0.717, 1.165) is 23.1 Å². The molecular weight excluding hydrogens is 444 g/mol. The van der Waals surface area contributed by atoms with Crippen LogP contribution >= 0.6 is 0 Å². The van der Waals surface area contributed by atoms with Gasteiger partial charge in [0.1, 0.15) is 0 Å². The highest BCUT2D eigenvalue weighted by Crippen LogP contribution is 2.38. The summed E-state index contributed by atoms with van der Waals surface area (Å²) in [6.45, 7) is 7.17. The molecular formula is C28H34N2O5. The molecule has 0 aromatic heterocycles. The second-order valence-corrected chi connectivity index (χ2v) is 8.67. The Kier molecular flexibility index (Phi) is 9.20. The lowest BCUT2D eigenvalue weighted by atomic mass is 9.83. The third kappa shape index (κ3) is 6.57. The van der Waals surface area contributed by atoms with Crippen LogP contribution in [0.15, 0.2) is 59.8 Å². The summed E-state index contributed by atoms with van der Waals surface area (Å²) in [6.07, 6.45) is 0.904. The standard InChI is InChI=1S/C28H34N2O5/c1-5-35-28(33)26-20(3)30(25(31)17-24(26)22-11-6-9-19(2)15-22)18-21-10-7-12-23(16-21)27(32)29-13-8-14-34-4/h6-7,9-12,15-16,24H,5,8,13-14,17-18H2,1-4H3,(H,29,32). The molecule has 7 heteroatoms. The van der Waals surface area contributed by atoms with Gasteiger partial charge in [-0.15, -0.1) is 0 Å². The second kappa shape index (κ2) is 12.3. The van der Waals surface area contributed by atoms with Crippen molar-refractivity contribution < 1.29 is 23.9 Å². The Labute approximate surface area is 207 Å². The molecule has 0 spiro atoms. The third-order valence-corrected chi connectivity index (χ3v) is 6.10. The summed E-state index contributed by atoms with van der Waals surface area (Å²) >= 11 is 0. The number of benzene rings is 2. The third-order valence-electron chi connectivity index (χ3n) is 6.10. The van der Waals surface area contributed by atoms with Crippen molar-refractivity contribution in [3.05, 3.63) is 82.1 Å². The highest BCUT2D eigenvalue weighted by molar-refractivity contribution is 5.96. The fraction of sp³-hybridized carbons (Fsp3) is 0.393. The van der Waals surface area contributed by atoms with Gasteiger partial charge < -0.3 is 19.7 Å². The molecule has 1 heterocycles. The van der Waals surface area contributed by atoms with E-state index in [1.165, 1.54) is 0 Å². The first-order chi connectivity index (χ1) is 16.8. The number of carbonyl (C=O) groups is 3. The molecule has 0 radical (unpaired) electrons. The fourth-order valence-corrected chi connectivity index (χ4v) is 4.36. The summed E-state index contributed by atoms with van der Waals surface area (Å²) < 4.78 is 10.4. The molecule has 2 aromatic rings. The summed E-state index contributed by atoms with van der Waals surface area (Å²) in [5.41, 5.74) is 4.40. The second-order valence-electron chi connectivity index (χ2n) is 8.67. The largest absolute Gasteiger partial charge is 0.463 e. The van der Waals surface area contributed by atoms with Crippen LogP contribution in [0.2, 0.25) is 0 Å². The zero-order valence-corrected chi connectivity index (χ0v) is 20.9. The average Bonchev–Trinajstić information content (AvgIpc) is 2.84. The van der Waals surface area contributed by atoms with Crippen LogP contribution in [0, 0.1) is 6.92 Å². The van der Waals surface area contributed by atoms with Crippen molar-refractivity contribution in [2.45, 2.75) is 46.1 Å². The molecule has 0 fully saturated rings. The number of carbonyl (C=O) groups excluding carboxylic acids is 3. The number of amides is 2. The first-order valence-corrected chi connectivity index (χ1v) is 12.0. The zero-order valence-electron chi connectivity index (χ0n) is 20.9. The van der Waals surface area contributed by atoms with Gasteiger partial charge in [-0.25, -0.2) is 4.79 Å². The molecule has 7 nitrogen and oxygen atoms in total. The first kappa shape index (κ1) is 26.2. The van der Waals surface area contributed by atoms with E-state index >= 15 is 0 Å². The van der Waals surface area contributed by atoms with Gasteiger partial charge in [-0.3, -0.25) is 9.59 Å². The smallest absolute Gasteiger partial charge is 0.336 e. The Morgan fingerprint density at radius 2 is 1.89 bits per heavy atom. The fourth-order valence-electron chi connectivity index (χ4n) is 4.36. The van der Waals surface area contributed by atoms with Crippen LogP contribution in [0.1, 0.15) is 59.7 Å². The number of nitrogens with zero attached hydrogens (tertiary/aromatic N) is 1. The van der Waals surface area contributed by atoms with E-state index in [-0.39, 0.29) is 37.3 Å². The van der Waals surface area contributed by atoms with E-state index in [9.17, 15) is 14.4 Å². The predicted molar refractivity (Wildman–Crippen MR) is 134 cm³/mol. The summed E-state index contributed by atoms with van der Waals surface area (Å²) in [5.74, 6) is -1.01. The van der Waals surface area contributed by atoms with Gasteiger partial charge in [0.15, 0.2) is 0 Å². The van der Waals surface area contributed by atoms with Crippen molar-refractivity contribution in [2.75, 3.05) is 26.9 Å². The molecule has 1 unspecified atom stereocenters. The summed E-state index contributed by atoms with van der Waals surface area (Å²) in [6, 6.07) is 15.1. The zero-order chi connectivity index (χ0) is 25.4. The Hall–Kier alpha value is -3.45. The minimum absolute atomic E-state index is 0.0727. The lowest BCUT2D eigenvalue weighted by Crippen LogP contribution is -2.38. The predicted octanol–water partition coefficient (Wildman–Crippen LogP) is 4.11. The Morgan fingerprint density at radius 3 is 2.60 bits per heavy atom. The molecule has 0 bridgehead atoms. The molecule has 35 heavy (non-hydrogen) atoms. The van der Waals surface area contributed by atoms with Crippen LogP contribution in [0.4, 0.5) is 0 Å². The van der Waals surface area contributed by atoms with Crippen LogP contribution in [-0.4, -0.2) is 49.6 Å². The van der Waals surface area contributed by atoms with Gasteiger partial charge >= 0.3 is 5.97 Å². The van der Waals surface area contributed by atoms with Crippen molar-refractivity contribution in [2.24, 2.45) is 0 Å². The molecule has 1 atom stereocenters. The number of hydrogen-bond donors (Lipinski definition) is 1.